The third kappa shape index (κ3) is 4.35. The Morgan fingerprint density at radius 2 is 1.59 bits per heavy atom. The Labute approximate surface area is 261 Å². The molecule has 5 aromatic rings. The molecule has 0 aliphatic heterocycles. The summed E-state index contributed by atoms with van der Waals surface area (Å²) in [6.45, 7) is 8.56. The summed E-state index contributed by atoms with van der Waals surface area (Å²) in [4.78, 5) is 4.61. The van der Waals surface area contributed by atoms with Crippen molar-refractivity contribution in [3.05, 3.63) is 184 Å². The van der Waals surface area contributed by atoms with Crippen molar-refractivity contribution in [1.29, 1.82) is 0 Å². The molecule has 1 aromatic heterocycles. The highest BCUT2D eigenvalue weighted by Crippen LogP contribution is 2.56. The van der Waals surface area contributed by atoms with Crippen molar-refractivity contribution in [2.24, 2.45) is 0 Å². The van der Waals surface area contributed by atoms with Crippen LogP contribution in [0.5, 0.6) is 0 Å². The fourth-order valence-corrected chi connectivity index (χ4v) is 7.64. The first-order valence-corrected chi connectivity index (χ1v) is 15.7. The number of nitrogens with zero attached hydrogens (tertiary/aromatic N) is 1. The molecular formula is C43H37N. The number of hydrogen-bond acceptors (Lipinski definition) is 1. The van der Waals surface area contributed by atoms with Crippen molar-refractivity contribution in [2.75, 3.05) is 0 Å². The summed E-state index contributed by atoms with van der Waals surface area (Å²) < 4.78 is 0. The van der Waals surface area contributed by atoms with Gasteiger partial charge >= 0.3 is 0 Å². The summed E-state index contributed by atoms with van der Waals surface area (Å²) in [6.07, 6.45) is 22.6. The molecule has 0 saturated carbocycles. The van der Waals surface area contributed by atoms with E-state index >= 15 is 0 Å². The molecule has 1 unspecified atom stereocenters. The predicted molar refractivity (Wildman–Crippen MR) is 189 cm³/mol. The van der Waals surface area contributed by atoms with Gasteiger partial charge in [0.1, 0.15) is 0 Å². The summed E-state index contributed by atoms with van der Waals surface area (Å²) in [6, 6.07) is 31.0. The molecule has 0 amide bonds. The lowest BCUT2D eigenvalue weighted by Gasteiger charge is -2.37. The number of allylic oxidation sites excluding steroid dienone is 9. The quantitative estimate of drug-likeness (QED) is 0.178. The average Bonchev–Trinajstić information content (AvgIpc) is 3.34. The molecule has 0 bridgehead atoms. The molecule has 44 heavy (non-hydrogen) atoms. The van der Waals surface area contributed by atoms with Gasteiger partial charge in [-0.3, -0.25) is 4.98 Å². The standard InChI is InChI=1S/C43H37N/c1-4-15-36-34(5-2)39-26-25-31(28-40(39)38-22-10-9-21-37(36)38)16-13-24-41-30(3)35-20-11-12-23-42(35)43(41,32-17-7-6-8-18-32)33-19-14-27-44-29-33/h4-11,13-15,17-22,24-29H,2,12,16,23H2,1,3H3/b15-4-,24-13-. The van der Waals surface area contributed by atoms with Gasteiger partial charge in [-0.15, -0.1) is 0 Å². The molecule has 1 nitrogen and oxygen atoms in total. The molecule has 0 fully saturated rings. The summed E-state index contributed by atoms with van der Waals surface area (Å²) in [7, 11) is 0. The van der Waals surface area contributed by atoms with Crippen molar-refractivity contribution in [1.82, 2.24) is 4.98 Å². The smallest absolute Gasteiger partial charge is 0.0688 e. The third-order valence-electron chi connectivity index (χ3n) is 9.48. The van der Waals surface area contributed by atoms with Gasteiger partial charge in [-0.25, -0.2) is 0 Å². The lowest BCUT2D eigenvalue weighted by Crippen LogP contribution is -2.31. The van der Waals surface area contributed by atoms with Crippen molar-refractivity contribution < 1.29 is 0 Å². The van der Waals surface area contributed by atoms with E-state index in [9.17, 15) is 0 Å². The van der Waals surface area contributed by atoms with Crippen LogP contribution < -0.4 is 0 Å². The minimum atomic E-state index is -0.349. The summed E-state index contributed by atoms with van der Waals surface area (Å²) in [5.74, 6) is 0. The van der Waals surface area contributed by atoms with Crippen LogP contribution in [0.15, 0.2) is 157 Å². The second-order valence-electron chi connectivity index (χ2n) is 11.8. The predicted octanol–water partition coefficient (Wildman–Crippen LogP) is 11.1. The topological polar surface area (TPSA) is 12.9 Å². The van der Waals surface area contributed by atoms with Crippen LogP contribution in [-0.4, -0.2) is 4.98 Å². The highest BCUT2D eigenvalue weighted by atomic mass is 14.6. The lowest BCUT2D eigenvalue weighted by molar-refractivity contribution is 0.683. The molecule has 0 saturated heterocycles. The minimum absolute atomic E-state index is 0.349. The van der Waals surface area contributed by atoms with Crippen LogP contribution in [0.4, 0.5) is 0 Å². The molecule has 1 heteroatoms. The van der Waals surface area contributed by atoms with Gasteiger partial charge in [-0.05, 0) is 111 Å². The Morgan fingerprint density at radius 1 is 0.818 bits per heavy atom. The molecule has 7 rings (SSSR count). The van der Waals surface area contributed by atoms with E-state index in [-0.39, 0.29) is 5.41 Å². The molecule has 0 radical (unpaired) electrons. The van der Waals surface area contributed by atoms with Gasteiger partial charge in [0, 0.05) is 12.4 Å². The first-order valence-electron chi connectivity index (χ1n) is 15.7. The van der Waals surface area contributed by atoms with E-state index in [0.29, 0.717) is 0 Å². The Balaban J connectivity index is 1.35. The van der Waals surface area contributed by atoms with E-state index in [1.165, 1.54) is 71.7 Å². The zero-order chi connectivity index (χ0) is 30.1. The van der Waals surface area contributed by atoms with Gasteiger partial charge in [0.2, 0.25) is 0 Å². The lowest BCUT2D eigenvalue weighted by atomic mass is 9.65. The maximum atomic E-state index is 4.61. The van der Waals surface area contributed by atoms with Gasteiger partial charge in [0.15, 0.2) is 0 Å². The average molecular weight is 568 g/mol. The molecule has 214 valence electrons. The molecule has 4 aromatic carbocycles. The largest absolute Gasteiger partial charge is 0.264 e. The summed E-state index contributed by atoms with van der Waals surface area (Å²) in [5.41, 5.74) is 11.5. The Bertz CT molecular complexity index is 2010. The highest BCUT2D eigenvalue weighted by molar-refractivity contribution is 6.14. The van der Waals surface area contributed by atoms with Crippen LogP contribution >= 0.6 is 0 Å². The molecule has 0 N–H and O–H groups in total. The van der Waals surface area contributed by atoms with E-state index in [1.807, 2.05) is 12.3 Å². The van der Waals surface area contributed by atoms with Crippen molar-refractivity contribution in [3.8, 4) is 0 Å². The van der Waals surface area contributed by atoms with Crippen LogP contribution in [0.1, 0.15) is 54.5 Å². The maximum absolute atomic E-state index is 4.61. The zero-order valence-electron chi connectivity index (χ0n) is 25.6. The van der Waals surface area contributed by atoms with Crippen molar-refractivity contribution >= 4 is 33.7 Å². The highest BCUT2D eigenvalue weighted by Gasteiger charge is 2.47. The Morgan fingerprint density at radius 3 is 2.36 bits per heavy atom. The first kappa shape index (κ1) is 27.8. The SMILES string of the molecule is C=Cc1c(/C=C\C)c2ccccc2c2cc(C/C=C\C3=C(C)C4=C(CCC=C4)C3(c3ccccc3)c3cccnc3)ccc12. The number of benzene rings is 4. The van der Waals surface area contributed by atoms with Crippen LogP contribution in [0.25, 0.3) is 33.7 Å². The van der Waals surface area contributed by atoms with Gasteiger partial charge < -0.3 is 0 Å². The molecule has 1 heterocycles. The molecular weight excluding hydrogens is 530 g/mol. The number of aromatic nitrogens is 1. The summed E-state index contributed by atoms with van der Waals surface area (Å²) in [5, 5.41) is 5.07. The van der Waals surface area contributed by atoms with E-state index in [2.05, 4.69) is 153 Å². The Kier molecular flexibility index (Phi) is 7.32. The number of hydrogen-bond donors (Lipinski definition) is 0. The van der Waals surface area contributed by atoms with Gasteiger partial charge in [0.05, 0.1) is 5.41 Å². The molecule has 0 spiro atoms. The fraction of sp³-hybridized carbons (Fsp3) is 0.140. The van der Waals surface area contributed by atoms with Crippen LogP contribution in [0.3, 0.4) is 0 Å². The van der Waals surface area contributed by atoms with Crippen molar-refractivity contribution in [3.63, 3.8) is 0 Å². The van der Waals surface area contributed by atoms with Gasteiger partial charge in [-0.2, -0.15) is 0 Å². The monoisotopic (exact) mass is 567 g/mol. The molecule has 2 aliphatic carbocycles. The van der Waals surface area contributed by atoms with E-state index in [4.69, 9.17) is 0 Å². The second kappa shape index (κ2) is 11.6. The van der Waals surface area contributed by atoms with Crippen LogP contribution in [-0.2, 0) is 11.8 Å². The zero-order valence-corrected chi connectivity index (χ0v) is 25.6. The molecule has 1 atom stereocenters. The van der Waals surface area contributed by atoms with E-state index < -0.39 is 0 Å². The van der Waals surface area contributed by atoms with Crippen LogP contribution in [0.2, 0.25) is 0 Å². The second-order valence-corrected chi connectivity index (χ2v) is 11.8. The normalized spacial score (nSPS) is 18.3. The van der Waals surface area contributed by atoms with Crippen molar-refractivity contribution in [2.45, 2.75) is 38.5 Å². The van der Waals surface area contributed by atoms with Gasteiger partial charge in [-0.1, -0.05) is 128 Å². The Hall–Kier alpha value is -5.01. The third-order valence-corrected chi connectivity index (χ3v) is 9.48. The number of rotatable bonds is 7. The van der Waals surface area contributed by atoms with Gasteiger partial charge in [0.25, 0.3) is 0 Å². The number of pyridine rings is 1. The van der Waals surface area contributed by atoms with E-state index in [1.54, 1.807) is 0 Å². The molecule has 2 aliphatic rings. The number of fused-ring (bicyclic) bond motifs is 3. The van der Waals surface area contributed by atoms with Crippen LogP contribution in [0, 0.1) is 0 Å². The summed E-state index contributed by atoms with van der Waals surface area (Å²) >= 11 is 0. The van der Waals surface area contributed by atoms with E-state index in [0.717, 1.165) is 19.3 Å². The fourth-order valence-electron chi connectivity index (χ4n) is 7.64. The first-order chi connectivity index (χ1) is 21.7. The minimum Gasteiger partial charge on any atom is -0.264 e. The maximum Gasteiger partial charge on any atom is 0.0688 e.